The van der Waals surface area contributed by atoms with Crippen molar-refractivity contribution in [3.05, 3.63) is 35.1 Å². The standard InChI is InChI=1S/C13H18FN3O/c1-9-2-3-10(14)8-11(9)12(13(15)18)17-6-4-16-5-7-17/h2-3,8,12,16H,4-7H2,1H3,(H2,15,18). The molecule has 1 aromatic rings. The lowest BCUT2D eigenvalue weighted by atomic mass is 9.98. The normalized spacial score (nSPS) is 18.6. The molecule has 1 aliphatic rings. The smallest absolute Gasteiger partial charge is 0.239 e. The van der Waals surface area contributed by atoms with E-state index < -0.39 is 11.9 Å². The molecule has 1 amide bonds. The van der Waals surface area contributed by atoms with Crippen molar-refractivity contribution in [2.45, 2.75) is 13.0 Å². The highest BCUT2D eigenvalue weighted by molar-refractivity contribution is 5.82. The largest absolute Gasteiger partial charge is 0.368 e. The van der Waals surface area contributed by atoms with Crippen molar-refractivity contribution >= 4 is 5.91 Å². The molecule has 18 heavy (non-hydrogen) atoms. The maximum Gasteiger partial charge on any atom is 0.239 e. The zero-order valence-electron chi connectivity index (χ0n) is 10.4. The summed E-state index contributed by atoms with van der Waals surface area (Å²) in [7, 11) is 0. The summed E-state index contributed by atoms with van der Waals surface area (Å²) >= 11 is 0. The molecule has 1 aromatic carbocycles. The Morgan fingerprint density at radius 2 is 2.11 bits per heavy atom. The van der Waals surface area contributed by atoms with Crippen LogP contribution in [0, 0.1) is 12.7 Å². The highest BCUT2D eigenvalue weighted by Gasteiger charge is 2.28. The van der Waals surface area contributed by atoms with Crippen LogP contribution < -0.4 is 11.1 Å². The van der Waals surface area contributed by atoms with Crippen molar-refractivity contribution in [3.8, 4) is 0 Å². The first-order valence-electron chi connectivity index (χ1n) is 6.09. The number of benzene rings is 1. The van der Waals surface area contributed by atoms with E-state index in [2.05, 4.69) is 5.32 Å². The molecule has 1 fully saturated rings. The van der Waals surface area contributed by atoms with Crippen LogP contribution in [0.4, 0.5) is 4.39 Å². The van der Waals surface area contributed by atoms with Crippen LogP contribution in [0.2, 0.25) is 0 Å². The number of halogens is 1. The van der Waals surface area contributed by atoms with E-state index in [1.807, 2.05) is 11.8 Å². The number of carbonyl (C=O) groups is 1. The minimum Gasteiger partial charge on any atom is -0.368 e. The number of nitrogens with one attached hydrogen (secondary N) is 1. The molecule has 3 N–H and O–H groups in total. The fourth-order valence-corrected chi connectivity index (χ4v) is 2.38. The van der Waals surface area contributed by atoms with E-state index >= 15 is 0 Å². The molecular weight excluding hydrogens is 233 g/mol. The van der Waals surface area contributed by atoms with Gasteiger partial charge in [-0.15, -0.1) is 0 Å². The quantitative estimate of drug-likeness (QED) is 0.825. The Kier molecular flexibility index (Phi) is 3.93. The molecule has 1 heterocycles. The van der Waals surface area contributed by atoms with Crippen LogP contribution in [0.1, 0.15) is 17.2 Å². The highest BCUT2D eigenvalue weighted by Crippen LogP contribution is 2.24. The molecule has 1 atom stereocenters. The number of piperazine rings is 1. The predicted octanol–water partition coefficient (Wildman–Crippen LogP) is 0.566. The van der Waals surface area contributed by atoms with Gasteiger partial charge in [0.15, 0.2) is 0 Å². The van der Waals surface area contributed by atoms with E-state index in [0.717, 1.165) is 31.7 Å². The van der Waals surface area contributed by atoms with Crippen molar-refractivity contribution in [2.24, 2.45) is 5.73 Å². The predicted molar refractivity (Wildman–Crippen MR) is 67.5 cm³/mol. The van der Waals surface area contributed by atoms with Crippen LogP contribution in [0.3, 0.4) is 0 Å². The summed E-state index contributed by atoms with van der Waals surface area (Å²) in [5.41, 5.74) is 7.05. The van der Waals surface area contributed by atoms with Crippen molar-refractivity contribution in [2.75, 3.05) is 26.2 Å². The Labute approximate surface area is 106 Å². The zero-order valence-corrected chi connectivity index (χ0v) is 10.4. The van der Waals surface area contributed by atoms with E-state index in [9.17, 15) is 9.18 Å². The Morgan fingerprint density at radius 3 is 2.72 bits per heavy atom. The molecule has 0 bridgehead atoms. The Bertz CT molecular complexity index is 444. The van der Waals surface area contributed by atoms with E-state index in [1.165, 1.54) is 12.1 Å². The van der Waals surface area contributed by atoms with Crippen molar-refractivity contribution < 1.29 is 9.18 Å². The van der Waals surface area contributed by atoms with Gasteiger partial charge in [-0.3, -0.25) is 9.69 Å². The van der Waals surface area contributed by atoms with Crippen molar-refractivity contribution in [1.82, 2.24) is 10.2 Å². The SMILES string of the molecule is Cc1ccc(F)cc1C(C(N)=O)N1CCNCC1. The molecule has 1 unspecified atom stereocenters. The number of rotatable bonds is 3. The van der Waals surface area contributed by atoms with Crippen LogP contribution >= 0.6 is 0 Å². The fraction of sp³-hybridized carbons (Fsp3) is 0.462. The molecule has 98 valence electrons. The summed E-state index contributed by atoms with van der Waals surface area (Å²) in [6, 6.07) is 3.95. The molecule has 0 radical (unpaired) electrons. The number of hydrogen-bond donors (Lipinski definition) is 2. The molecule has 1 aliphatic heterocycles. The lowest BCUT2D eigenvalue weighted by Crippen LogP contribution is -2.48. The minimum atomic E-state index is -0.539. The average molecular weight is 251 g/mol. The Balaban J connectivity index is 2.34. The van der Waals surface area contributed by atoms with Gasteiger partial charge in [0.1, 0.15) is 11.9 Å². The van der Waals surface area contributed by atoms with Crippen LogP contribution in [-0.4, -0.2) is 37.0 Å². The van der Waals surface area contributed by atoms with Gasteiger partial charge in [-0.25, -0.2) is 4.39 Å². The first-order chi connectivity index (χ1) is 8.59. The van der Waals surface area contributed by atoms with E-state index in [-0.39, 0.29) is 5.82 Å². The summed E-state index contributed by atoms with van der Waals surface area (Å²) < 4.78 is 13.4. The maximum absolute atomic E-state index is 13.4. The lowest BCUT2D eigenvalue weighted by Gasteiger charge is -2.33. The lowest BCUT2D eigenvalue weighted by molar-refractivity contribution is -0.123. The molecular formula is C13H18FN3O. The van der Waals surface area contributed by atoms with Gasteiger partial charge in [0.2, 0.25) is 5.91 Å². The number of nitrogens with two attached hydrogens (primary N) is 1. The molecule has 4 nitrogen and oxygen atoms in total. The Hall–Kier alpha value is -1.46. The third kappa shape index (κ3) is 2.68. The van der Waals surface area contributed by atoms with Crippen LogP contribution in [0.25, 0.3) is 0 Å². The second-order valence-electron chi connectivity index (χ2n) is 4.59. The first kappa shape index (κ1) is 13.0. The summed E-state index contributed by atoms with van der Waals surface area (Å²) in [6.07, 6.45) is 0. The summed E-state index contributed by atoms with van der Waals surface area (Å²) in [6.45, 7) is 4.98. The maximum atomic E-state index is 13.4. The van der Waals surface area contributed by atoms with Gasteiger partial charge >= 0.3 is 0 Å². The summed E-state index contributed by atoms with van der Waals surface area (Å²) in [5.74, 6) is -0.761. The van der Waals surface area contributed by atoms with Crippen LogP contribution in [0.15, 0.2) is 18.2 Å². The van der Waals surface area contributed by atoms with Crippen molar-refractivity contribution in [3.63, 3.8) is 0 Å². The van der Waals surface area contributed by atoms with E-state index in [1.54, 1.807) is 6.07 Å². The fourth-order valence-electron chi connectivity index (χ4n) is 2.38. The number of amides is 1. The Morgan fingerprint density at radius 1 is 1.44 bits per heavy atom. The highest BCUT2D eigenvalue weighted by atomic mass is 19.1. The third-order valence-electron chi connectivity index (χ3n) is 3.32. The second kappa shape index (κ2) is 5.46. The number of hydrogen-bond acceptors (Lipinski definition) is 3. The molecule has 2 rings (SSSR count). The van der Waals surface area contributed by atoms with Gasteiger partial charge < -0.3 is 11.1 Å². The monoisotopic (exact) mass is 251 g/mol. The topological polar surface area (TPSA) is 58.4 Å². The zero-order chi connectivity index (χ0) is 13.1. The second-order valence-corrected chi connectivity index (χ2v) is 4.59. The summed E-state index contributed by atoms with van der Waals surface area (Å²) in [4.78, 5) is 13.7. The van der Waals surface area contributed by atoms with Crippen LogP contribution in [0.5, 0.6) is 0 Å². The minimum absolute atomic E-state index is 0.336. The van der Waals surface area contributed by atoms with Gasteiger partial charge in [-0.05, 0) is 30.2 Å². The van der Waals surface area contributed by atoms with Gasteiger partial charge in [-0.2, -0.15) is 0 Å². The van der Waals surface area contributed by atoms with Gasteiger partial charge in [-0.1, -0.05) is 6.07 Å². The summed E-state index contributed by atoms with van der Waals surface area (Å²) in [5, 5.41) is 3.22. The van der Waals surface area contributed by atoms with E-state index in [0.29, 0.717) is 5.56 Å². The number of primary amides is 1. The van der Waals surface area contributed by atoms with Gasteiger partial charge in [0.05, 0.1) is 0 Å². The van der Waals surface area contributed by atoms with Crippen LogP contribution in [-0.2, 0) is 4.79 Å². The number of nitrogens with zero attached hydrogens (tertiary/aromatic N) is 1. The molecule has 0 aromatic heterocycles. The molecule has 0 saturated carbocycles. The number of carbonyl (C=O) groups excluding carboxylic acids is 1. The molecule has 5 heteroatoms. The van der Waals surface area contributed by atoms with Gasteiger partial charge in [0, 0.05) is 26.2 Å². The van der Waals surface area contributed by atoms with E-state index in [4.69, 9.17) is 5.73 Å². The van der Waals surface area contributed by atoms with Crippen molar-refractivity contribution in [1.29, 1.82) is 0 Å². The third-order valence-corrected chi connectivity index (χ3v) is 3.32. The molecule has 0 aliphatic carbocycles. The first-order valence-corrected chi connectivity index (χ1v) is 6.09. The average Bonchev–Trinajstić information content (AvgIpc) is 2.35. The number of aryl methyl sites for hydroxylation is 1. The van der Waals surface area contributed by atoms with Gasteiger partial charge in [0.25, 0.3) is 0 Å². The molecule has 0 spiro atoms. The molecule has 1 saturated heterocycles.